The fraction of sp³-hybridized carbons (Fsp3) is 0.368. The number of pyridine rings is 1. The Morgan fingerprint density at radius 2 is 2.04 bits per heavy atom. The van der Waals surface area contributed by atoms with Crippen LogP contribution in [0, 0.1) is 11.3 Å². The van der Waals surface area contributed by atoms with Crippen LogP contribution < -0.4 is 9.47 Å². The van der Waals surface area contributed by atoms with E-state index in [9.17, 15) is 15.5 Å². The first kappa shape index (κ1) is 15.7. The highest BCUT2D eigenvalue weighted by Crippen LogP contribution is 2.48. The van der Waals surface area contributed by atoms with E-state index in [1.54, 1.807) is 24.3 Å². The number of aromatic hydroxyl groups is 1. The zero-order chi connectivity index (χ0) is 17.4. The summed E-state index contributed by atoms with van der Waals surface area (Å²) in [5, 5.41) is 29.8. The summed E-state index contributed by atoms with van der Waals surface area (Å²) >= 11 is 0. The van der Waals surface area contributed by atoms with E-state index in [1.807, 2.05) is 0 Å². The van der Waals surface area contributed by atoms with Crippen molar-refractivity contribution in [2.75, 3.05) is 0 Å². The van der Waals surface area contributed by atoms with Crippen molar-refractivity contribution in [3.63, 3.8) is 0 Å². The third-order valence-corrected chi connectivity index (χ3v) is 5.01. The number of aromatic nitrogens is 1. The molecular formula is C19H18N2O4. The van der Waals surface area contributed by atoms with Gasteiger partial charge < -0.3 is 19.7 Å². The first-order chi connectivity index (χ1) is 12.1. The first-order valence-corrected chi connectivity index (χ1v) is 8.34. The van der Waals surface area contributed by atoms with Gasteiger partial charge in [0.25, 0.3) is 0 Å². The number of benzene rings is 1. The van der Waals surface area contributed by atoms with Crippen molar-refractivity contribution in [1.29, 1.82) is 5.26 Å². The lowest BCUT2D eigenvalue weighted by atomic mass is 9.84. The lowest BCUT2D eigenvalue weighted by molar-refractivity contribution is -0.118. The molecule has 1 saturated carbocycles. The van der Waals surface area contributed by atoms with Crippen molar-refractivity contribution in [3.8, 4) is 23.4 Å². The lowest BCUT2D eigenvalue weighted by Crippen LogP contribution is -2.52. The molecule has 4 rings (SSSR count). The Labute approximate surface area is 145 Å². The second-order valence-corrected chi connectivity index (χ2v) is 6.57. The Balaban J connectivity index is 1.78. The molecular weight excluding hydrogens is 320 g/mol. The standard InChI is InChI=1S/C19H18N2O4/c20-11-12-3-4-15-14(9-12)17(24-13-5-8-21-16(22)10-13)18(23)19(25-15)6-1-2-7-19/h3-5,8-10,17-18,23H,1-2,6-7H2,(H,21,22). The molecule has 2 N–H and O–H groups in total. The minimum absolute atomic E-state index is 0.152. The summed E-state index contributed by atoms with van der Waals surface area (Å²) < 4.78 is 12.2. The van der Waals surface area contributed by atoms with Crippen LogP contribution in [-0.4, -0.2) is 26.9 Å². The van der Waals surface area contributed by atoms with Gasteiger partial charge in [0.1, 0.15) is 23.2 Å². The molecule has 1 aromatic carbocycles. The second kappa shape index (κ2) is 5.94. The number of ether oxygens (including phenoxy) is 2. The molecule has 2 aliphatic rings. The summed E-state index contributed by atoms with van der Waals surface area (Å²) in [5.41, 5.74) is 0.449. The van der Waals surface area contributed by atoms with E-state index >= 15 is 0 Å². The number of nitrogens with zero attached hydrogens (tertiary/aromatic N) is 2. The molecule has 128 valence electrons. The van der Waals surface area contributed by atoms with E-state index in [1.165, 1.54) is 12.3 Å². The molecule has 1 aliphatic heterocycles. The molecule has 1 aliphatic carbocycles. The fourth-order valence-corrected chi connectivity index (χ4v) is 3.78. The van der Waals surface area contributed by atoms with E-state index in [0.717, 1.165) is 25.7 Å². The lowest BCUT2D eigenvalue weighted by Gasteiger charge is -2.44. The normalized spacial score (nSPS) is 23.5. The van der Waals surface area contributed by atoms with Crippen molar-refractivity contribution < 1.29 is 19.7 Å². The summed E-state index contributed by atoms with van der Waals surface area (Å²) in [7, 11) is 0. The quantitative estimate of drug-likeness (QED) is 0.874. The van der Waals surface area contributed by atoms with Crippen molar-refractivity contribution >= 4 is 0 Å². The monoisotopic (exact) mass is 338 g/mol. The van der Waals surface area contributed by atoms with E-state index in [0.29, 0.717) is 22.6 Å². The molecule has 0 amide bonds. The van der Waals surface area contributed by atoms with Crippen LogP contribution in [0.25, 0.3) is 0 Å². The molecule has 1 spiro atoms. The van der Waals surface area contributed by atoms with Gasteiger partial charge in [0.15, 0.2) is 6.10 Å². The van der Waals surface area contributed by atoms with Gasteiger partial charge >= 0.3 is 0 Å². The van der Waals surface area contributed by atoms with Gasteiger partial charge in [-0.3, -0.25) is 0 Å². The molecule has 2 aromatic rings. The maximum Gasteiger partial charge on any atom is 0.214 e. The van der Waals surface area contributed by atoms with Gasteiger partial charge in [-0.25, -0.2) is 4.98 Å². The number of aliphatic hydroxyl groups excluding tert-OH is 1. The van der Waals surface area contributed by atoms with Crippen LogP contribution in [-0.2, 0) is 0 Å². The highest BCUT2D eigenvalue weighted by Gasteiger charge is 2.52. The van der Waals surface area contributed by atoms with Gasteiger partial charge in [-0.2, -0.15) is 5.26 Å². The van der Waals surface area contributed by atoms with Crippen LogP contribution in [0.4, 0.5) is 0 Å². The zero-order valence-electron chi connectivity index (χ0n) is 13.6. The maximum atomic E-state index is 11.0. The van der Waals surface area contributed by atoms with E-state index < -0.39 is 17.8 Å². The molecule has 0 radical (unpaired) electrons. The number of aliphatic hydroxyl groups is 1. The molecule has 2 heterocycles. The Morgan fingerprint density at radius 1 is 1.24 bits per heavy atom. The largest absolute Gasteiger partial charge is 0.493 e. The minimum Gasteiger partial charge on any atom is -0.493 e. The Bertz CT molecular complexity index is 840. The van der Waals surface area contributed by atoms with Crippen LogP contribution in [0.3, 0.4) is 0 Å². The van der Waals surface area contributed by atoms with Crippen LogP contribution in [0.1, 0.15) is 42.9 Å². The summed E-state index contributed by atoms with van der Waals surface area (Å²) in [6.07, 6.45) is 3.39. The molecule has 6 heteroatoms. The molecule has 2 unspecified atom stereocenters. The number of rotatable bonds is 2. The van der Waals surface area contributed by atoms with E-state index in [2.05, 4.69) is 11.1 Å². The molecule has 0 saturated heterocycles. The second-order valence-electron chi connectivity index (χ2n) is 6.57. The molecule has 6 nitrogen and oxygen atoms in total. The highest BCUT2D eigenvalue weighted by atomic mass is 16.5. The van der Waals surface area contributed by atoms with Gasteiger partial charge in [-0.15, -0.1) is 0 Å². The Hall–Kier alpha value is -2.78. The summed E-state index contributed by atoms with van der Waals surface area (Å²) in [5.74, 6) is 0.884. The van der Waals surface area contributed by atoms with Crippen molar-refractivity contribution in [3.05, 3.63) is 47.7 Å². The van der Waals surface area contributed by atoms with Crippen molar-refractivity contribution in [2.45, 2.75) is 43.5 Å². The SMILES string of the molecule is N#Cc1ccc2c(c1)C(Oc1ccnc(O)c1)C(O)C1(CCCC1)O2. The first-order valence-electron chi connectivity index (χ1n) is 8.34. The Kier molecular flexibility index (Phi) is 3.74. The van der Waals surface area contributed by atoms with Crippen molar-refractivity contribution in [2.24, 2.45) is 0 Å². The highest BCUT2D eigenvalue weighted by molar-refractivity contribution is 5.46. The van der Waals surface area contributed by atoms with Crippen LogP contribution in [0.2, 0.25) is 0 Å². The topological polar surface area (TPSA) is 95.6 Å². The fourth-order valence-electron chi connectivity index (χ4n) is 3.78. The minimum atomic E-state index is -0.869. The van der Waals surface area contributed by atoms with Gasteiger partial charge in [0.2, 0.25) is 5.88 Å². The molecule has 25 heavy (non-hydrogen) atoms. The smallest absolute Gasteiger partial charge is 0.214 e. The van der Waals surface area contributed by atoms with Crippen molar-refractivity contribution in [1.82, 2.24) is 4.98 Å². The average Bonchev–Trinajstić information content (AvgIpc) is 3.08. The number of nitriles is 1. The van der Waals surface area contributed by atoms with Crippen LogP contribution in [0.5, 0.6) is 17.4 Å². The van der Waals surface area contributed by atoms with E-state index in [-0.39, 0.29) is 5.88 Å². The molecule has 1 fully saturated rings. The maximum absolute atomic E-state index is 11.0. The summed E-state index contributed by atoms with van der Waals surface area (Å²) in [6.45, 7) is 0. The third kappa shape index (κ3) is 2.67. The Morgan fingerprint density at radius 3 is 2.76 bits per heavy atom. The number of hydrogen-bond donors (Lipinski definition) is 2. The molecule has 0 bridgehead atoms. The summed E-state index contributed by atoms with van der Waals surface area (Å²) in [6, 6.07) is 10.3. The molecule has 1 aromatic heterocycles. The van der Waals surface area contributed by atoms with E-state index in [4.69, 9.17) is 9.47 Å². The van der Waals surface area contributed by atoms with Crippen LogP contribution in [0.15, 0.2) is 36.5 Å². The van der Waals surface area contributed by atoms with Gasteiger partial charge in [0.05, 0.1) is 11.6 Å². The number of hydrogen-bond acceptors (Lipinski definition) is 6. The van der Waals surface area contributed by atoms with Gasteiger partial charge in [-0.05, 0) is 49.9 Å². The van der Waals surface area contributed by atoms with Crippen LogP contribution >= 0.6 is 0 Å². The average molecular weight is 338 g/mol. The van der Waals surface area contributed by atoms with Gasteiger partial charge in [-0.1, -0.05) is 0 Å². The predicted octanol–water partition coefficient (Wildman–Crippen LogP) is 2.85. The third-order valence-electron chi connectivity index (χ3n) is 5.01. The molecule has 2 atom stereocenters. The van der Waals surface area contributed by atoms with Gasteiger partial charge in [0, 0.05) is 17.8 Å². The zero-order valence-corrected chi connectivity index (χ0v) is 13.6. The number of fused-ring (bicyclic) bond motifs is 1. The summed E-state index contributed by atoms with van der Waals surface area (Å²) in [4.78, 5) is 3.74. The predicted molar refractivity (Wildman–Crippen MR) is 88.3 cm³/mol.